The molecular weight excluding hydrogens is 373 g/mol. The second-order valence-corrected chi connectivity index (χ2v) is 6.99. The van der Waals surface area contributed by atoms with E-state index in [9.17, 15) is 9.59 Å². The number of hydrogen-bond acceptors (Lipinski definition) is 3. The van der Waals surface area contributed by atoms with Gasteiger partial charge in [-0.2, -0.15) is 0 Å². The van der Waals surface area contributed by atoms with Gasteiger partial charge in [0.25, 0.3) is 5.91 Å². The number of rotatable bonds is 4. The van der Waals surface area contributed by atoms with E-state index in [1.54, 1.807) is 35.2 Å². The Morgan fingerprint density at radius 2 is 1.50 bits per heavy atom. The lowest BCUT2D eigenvalue weighted by atomic mass is 10.1. The molecule has 1 heterocycles. The zero-order chi connectivity index (χ0) is 18.5. The zero-order valence-corrected chi connectivity index (χ0v) is 15.7. The normalized spacial score (nSPS) is 15.4. The van der Waals surface area contributed by atoms with Crippen molar-refractivity contribution in [2.75, 3.05) is 13.1 Å². The molecule has 1 fully saturated rings. The van der Waals surface area contributed by atoms with Gasteiger partial charge in [-0.25, -0.2) is 4.79 Å². The van der Waals surface area contributed by atoms with Crippen molar-refractivity contribution in [1.29, 1.82) is 0 Å². The molecule has 6 heteroatoms. The smallest absolute Gasteiger partial charge is 0.342 e. The lowest BCUT2D eigenvalue weighted by Crippen LogP contribution is -2.40. The molecule has 1 amide bonds. The Hall–Kier alpha value is -2.04. The van der Waals surface area contributed by atoms with Crippen LogP contribution in [-0.4, -0.2) is 29.9 Å². The number of carbonyl (C=O) groups excluding carboxylic acids is 2. The molecule has 1 aliphatic heterocycles. The lowest BCUT2D eigenvalue weighted by Gasteiger charge is -2.30. The minimum Gasteiger partial charge on any atom is -0.444 e. The first-order valence-corrected chi connectivity index (χ1v) is 9.32. The van der Waals surface area contributed by atoms with Crippen molar-refractivity contribution in [3.8, 4) is 0 Å². The first-order chi connectivity index (χ1) is 12.6. The van der Waals surface area contributed by atoms with Gasteiger partial charge in [0.1, 0.15) is 0 Å². The standard InChI is InChI=1S/C20H19Cl2NO3/c21-15-10-7-11-16(22)17(15)20(25)26-18(14-8-3-1-4-9-14)19(24)23-12-5-2-6-13-23/h1,3-4,7-11,18H,2,5-6,12-13H2/t18-/m1/s1. The van der Waals surface area contributed by atoms with Crippen LogP contribution in [0.3, 0.4) is 0 Å². The highest BCUT2D eigenvalue weighted by Crippen LogP contribution is 2.29. The van der Waals surface area contributed by atoms with Crippen LogP contribution in [0.1, 0.15) is 41.3 Å². The quantitative estimate of drug-likeness (QED) is 0.695. The van der Waals surface area contributed by atoms with Crippen molar-refractivity contribution in [2.24, 2.45) is 0 Å². The summed E-state index contributed by atoms with van der Waals surface area (Å²) in [7, 11) is 0. The van der Waals surface area contributed by atoms with E-state index in [1.165, 1.54) is 0 Å². The number of halogens is 2. The van der Waals surface area contributed by atoms with Crippen molar-refractivity contribution in [3.05, 3.63) is 69.7 Å². The van der Waals surface area contributed by atoms with E-state index in [1.807, 2.05) is 18.2 Å². The summed E-state index contributed by atoms with van der Waals surface area (Å²) in [6, 6.07) is 13.8. The highest BCUT2D eigenvalue weighted by Gasteiger charge is 2.31. The van der Waals surface area contributed by atoms with Crippen molar-refractivity contribution >= 4 is 35.1 Å². The number of hydrogen-bond donors (Lipinski definition) is 0. The fraction of sp³-hybridized carbons (Fsp3) is 0.300. The minimum atomic E-state index is -1.02. The largest absolute Gasteiger partial charge is 0.444 e. The molecule has 0 aliphatic carbocycles. The van der Waals surface area contributed by atoms with E-state index in [0.717, 1.165) is 19.3 Å². The van der Waals surface area contributed by atoms with Crippen LogP contribution in [0, 0.1) is 0 Å². The highest BCUT2D eigenvalue weighted by molar-refractivity contribution is 6.39. The third-order valence-corrected chi connectivity index (χ3v) is 5.02. The topological polar surface area (TPSA) is 46.6 Å². The van der Waals surface area contributed by atoms with E-state index in [2.05, 4.69) is 0 Å². The Morgan fingerprint density at radius 3 is 2.12 bits per heavy atom. The molecule has 0 bridgehead atoms. The number of benzene rings is 2. The van der Waals surface area contributed by atoms with Gasteiger partial charge in [0.05, 0.1) is 15.6 Å². The van der Waals surface area contributed by atoms with Crippen LogP contribution in [0.4, 0.5) is 0 Å². The molecule has 0 N–H and O–H groups in total. The van der Waals surface area contributed by atoms with Gasteiger partial charge in [-0.15, -0.1) is 0 Å². The average Bonchev–Trinajstić information content (AvgIpc) is 2.67. The number of ether oxygens (including phenoxy) is 1. The molecule has 4 nitrogen and oxygen atoms in total. The van der Waals surface area contributed by atoms with Gasteiger partial charge in [0, 0.05) is 18.7 Å². The number of piperidine rings is 1. The summed E-state index contributed by atoms with van der Waals surface area (Å²) in [6.45, 7) is 1.35. The fourth-order valence-corrected chi connectivity index (χ4v) is 3.58. The molecule has 1 aliphatic rings. The fourth-order valence-electron chi connectivity index (χ4n) is 3.03. The summed E-state index contributed by atoms with van der Waals surface area (Å²) in [5.74, 6) is -0.924. The van der Waals surface area contributed by atoms with Crippen LogP contribution in [0.15, 0.2) is 48.5 Å². The molecule has 0 aromatic heterocycles. The van der Waals surface area contributed by atoms with Gasteiger partial charge in [-0.05, 0) is 31.4 Å². The average molecular weight is 392 g/mol. The summed E-state index contributed by atoms with van der Waals surface area (Å²) in [6.07, 6.45) is 2.00. The van der Waals surface area contributed by atoms with E-state index in [0.29, 0.717) is 18.7 Å². The van der Waals surface area contributed by atoms with E-state index < -0.39 is 12.1 Å². The number of amides is 1. The highest BCUT2D eigenvalue weighted by atomic mass is 35.5. The van der Waals surface area contributed by atoms with Crippen LogP contribution < -0.4 is 0 Å². The van der Waals surface area contributed by atoms with E-state index in [4.69, 9.17) is 27.9 Å². The van der Waals surface area contributed by atoms with Crippen molar-refractivity contribution in [2.45, 2.75) is 25.4 Å². The number of esters is 1. The Labute approximate surface area is 162 Å². The van der Waals surface area contributed by atoms with Crippen LogP contribution >= 0.6 is 23.2 Å². The second-order valence-electron chi connectivity index (χ2n) is 6.18. The summed E-state index contributed by atoms with van der Waals surface area (Å²) < 4.78 is 5.60. The Morgan fingerprint density at radius 1 is 0.885 bits per heavy atom. The SMILES string of the molecule is O=C(O[C@@H](C(=O)N1CCCCC1)c1ccccc1)c1c(Cl)cccc1Cl. The number of carbonyl (C=O) groups is 2. The van der Waals surface area contributed by atoms with Crippen molar-refractivity contribution in [1.82, 2.24) is 4.90 Å². The molecule has 0 spiro atoms. The molecule has 26 heavy (non-hydrogen) atoms. The van der Waals surface area contributed by atoms with Crippen LogP contribution in [-0.2, 0) is 9.53 Å². The molecule has 136 valence electrons. The zero-order valence-electron chi connectivity index (χ0n) is 14.2. The maximum Gasteiger partial charge on any atom is 0.342 e. The summed E-state index contributed by atoms with van der Waals surface area (Å²) >= 11 is 12.2. The summed E-state index contributed by atoms with van der Waals surface area (Å²) in [5.41, 5.74) is 0.697. The van der Waals surface area contributed by atoms with Crippen LogP contribution in [0.2, 0.25) is 10.0 Å². The van der Waals surface area contributed by atoms with Gasteiger partial charge in [-0.3, -0.25) is 4.79 Å². The van der Waals surface area contributed by atoms with Crippen LogP contribution in [0.25, 0.3) is 0 Å². The van der Waals surface area contributed by atoms with Gasteiger partial charge >= 0.3 is 5.97 Å². The van der Waals surface area contributed by atoms with Gasteiger partial charge < -0.3 is 9.64 Å². The van der Waals surface area contributed by atoms with Gasteiger partial charge in [-0.1, -0.05) is 59.6 Å². The Bertz CT molecular complexity index is 769. The van der Waals surface area contributed by atoms with Crippen LogP contribution in [0.5, 0.6) is 0 Å². The van der Waals surface area contributed by atoms with Gasteiger partial charge in [0.2, 0.25) is 6.10 Å². The predicted molar refractivity (Wildman–Crippen MR) is 101 cm³/mol. The molecule has 2 aromatic rings. The first kappa shape index (κ1) is 18.7. The Balaban J connectivity index is 1.88. The predicted octanol–water partition coefficient (Wildman–Crippen LogP) is 4.90. The number of likely N-dealkylation sites (tertiary alicyclic amines) is 1. The molecule has 1 saturated heterocycles. The third-order valence-electron chi connectivity index (χ3n) is 4.39. The van der Waals surface area contributed by atoms with Gasteiger partial charge in [0.15, 0.2) is 0 Å². The first-order valence-electron chi connectivity index (χ1n) is 8.56. The molecule has 0 saturated carbocycles. The molecule has 2 aromatic carbocycles. The second kappa shape index (κ2) is 8.56. The molecule has 3 rings (SSSR count). The molecule has 1 atom stereocenters. The van der Waals surface area contributed by atoms with E-state index >= 15 is 0 Å². The summed E-state index contributed by atoms with van der Waals surface area (Å²) in [4.78, 5) is 27.5. The maximum atomic E-state index is 13.0. The Kier molecular flexibility index (Phi) is 6.17. The minimum absolute atomic E-state index is 0.0724. The molecular formula is C20H19Cl2NO3. The van der Waals surface area contributed by atoms with Crippen molar-refractivity contribution in [3.63, 3.8) is 0 Å². The molecule has 0 unspecified atom stereocenters. The van der Waals surface area contributed by atoms with Crippen molar-refractivity contribution < 1.29 is 14.3 Å². The number of nitrogens with zero attached hydrogens (tertiary/aromatic N) is 1. The van der Waals surface area contributed by atoms with E-state index in [-0.39, 0.29) is 21.5 Å². The third kappa shape index (κ3) is 4.19. The maximum absolute atomic E-state index is 13.0. The monoisotopic (exact) mass is 391 g/mol. The summed E-state index contributed by atoms with van der Waals surface area (Å²) in [5, 5.41) is 0.388. The lowest BCUT2D eigenvalue weighted by molar-refractivity contribution is -0.142. The molecule has 0 radical (unpaired) electrons.